The molecule has 100 valence electrons. The summed E-state index contributed by atoms with van der Waals surface area (Å²) in [7, 11) is 0. The summed E-state index contributed by atoms with van der Waals surface area (Å²) < 4.78 is 1.55. The highest BCUT2D eigenvalue weighted by atomic mass is 16.4. The number of imidazole rings is 1. The molecule has 0 fully saturated rings. The van der Waals surface area contributed by atoms with Gasteiger partial charge in [0.25, 0.3) is 0 Å². The Morgan fingerprint density at radius 1 is 1.26 bits per heavy atom. The second-order valence-corrected chi connectivity index (χ2v) is 4.76. The SMILES string of the molecule is CC(C)Cc1nc(C(=O)O)c2ccc(C(=O)O)cn12. The van der Waals surface area contributed by atoms with Gasteiger partial charge in [0.05, 0.1) is 11.1 Å². The zero-order valence-corrected chi connectivity index (χ0v) is 10.6. The number of fused-ring (bicyclic) bond motifs is 1. The summed E-state index contributed by atoms with van der Waals surface area (Å²) in [5.74, 6) is -1.32. The largest absolute Gasteiger partial charge is 0.478 e. The van der Waals surface area contributed by atoms with E-state index in [1.54, 1.807) is 4.40 Å². The lowest BCUT2D eigenvalue weighted by Gasteiger charge is -2.04. The van der Waals surface area contributed by atoms with Crippen LogP contribution in [0.25, 0.3) is 5.52 Å². The minimum absolute atomic E-state index is 0.0485. The summed E-state index contributed by atoms with van der Waals surface area (Å²) in [6.07, 6.45) is 1.99. The highest BCUT2D eigenvalue weighted by molar-refractivity contribution is 5.94. The molecular weight excluding hydrogens is 248 g/mol. The van der Waals surface area contributed by atoms with Crippen LogP contribution in [0.15, 0.2) is 18.3 Å². The highest BCUT2D eigenvalue weighted by Crippen LogP contribution is 2.17. The van der Waals surface area contributed by atoms with Crippen molar-refractivity contribution < 1.29 is 19.8 Å². The van der Waals surface area contributed by atoms with Crippen LogP contribution in [0.1, 0.15) is 40.5 Å². The molecule has 0 amide bonds. The van der Waals surface area contributed by atoms with Crippen LogP contribution in [-0.4, -0.2) is 31.5 Å². The van der Waals surface area contributed by atoms with Crippen molar-refractivity contribution in [3.8, 4) is 0 Å². The number of pyridine rings is 1. The van der Waals surface area contributed by atoms with Gasteiger partial charge in [-0.15, -0.1) is 0 Å². The lowest BCUT2D eigenvalue weighted by atomic mass is 10.1. The molecule has 0 aromatic carbocycles. The first-order valence-electron chi connectivity index (χ1n) is 5.87. The molecule has 0 saturated heterocycles. The Bertz CT molecular complexity index is 658. The molecule has 6 nitrogen and oxygen atoms in total. The topological polar surface area (TPSA) is 91.9 Å². The molecule has 0 spiro atoms. The van der Waals surface area contributed by atoms with Crippen molar-refractivity contribution >= 4 is 17.5 Å². The molecule has 0 atom stereocenters. The van der Waals surface area contributed by atoms with Gasteiger partial charge in [0.1, 0.15) is 5.82 Å². The number of carboxylic acids is 2. The van der Waals surface area contributed by atoms with Crippen molar-refractivity contribution in [2.24, 2.45) is 5.92 Å². The van der Waals surface area contributed by atoms with E-state index in [9.17, 15) is 9.59 Å². The fourth-order valence-electron chi connectivity index (χ4n) is 1.94. The van der Waals surface area contributed by atoms with E-state index in [4.69, 9.17) is 10.2 Å². The number of rotatable bonds is 4. The van der Waals surface area contributed by atoms with Gasteiger partial charge in [-0.2, -0.15) is 0 Å². The molecule has 0 aliphatic heterocycles. The van der Waals surface area contributed by atoms with Gasteiger partial charge in [-0.3, -0.25) is 0 Å². The molecule has 0 aliphatic carbocycles. The fourth-order valence-corrected chi connectivity index (χ4v) is 1.94. The molecule has 0 radical (unpaired) electrons. The Hall–Kier alpha value is -2.37. The zero-order chi connectivity index (χ0) is 14.2. The van der Waals surface area contributed by atoms with Gasteiger partial charge < -0.3 is 14.6 Å². The first-order chi connectivity index (χ1) is 8.90. The Morgan fingerprint density at radius 3 is 2.47 bits per heavy atom. The Balaban J connectivity index is 2.68. The molecule has 2 N–H and O–H groups in total. The van der Waals surface area contributed by atoms with Crippen LogP contribution in [-0.2, 0) is 6.42 Å². The molecule has 0 saturated carbocycles. The first kappa shape index (κ1) is 13.1. The Morgan fingerprint density at radius 2 is 1.95 bits per heavy atom. The van der Waals surface area contributed by atoms with E-state index in [0.29, 0.717) is 23.7 Å². The van der Waals surface area contributed by atoms with E-state index in [1.165, 1.54) is 18.3 Å². The van der Waals surface area contributed by atoms with Crippen molar-refractivity contribution in [3.05, 3.63) is 35.4 Å². The summed E-state index contributed by atoms with van der Waals surface area (Å²) in [4.78, 5) is 26.2. The van der Waals surface area contributed by atoms with Crippen LogP contribution in [0.4, 0.5) is 0 Å². The highest BCUT2D eigenvalue weighted by Gasteiger charge is 2.18. The summed E-state index contributed by atoms with van der Waals surface area (Å²) in [6.45, 7) is 3.98. The molecule has 2 heterocycles. The predicted molar refractivity (Wildman–Crippen MR) is 67.7 cm³/mol. The number of carbonyl (C=O) groups is 2. The quantitative estimate of drug-likeness (QED) is 0.878. The van der Waals surface area contributed by atoms with Crippen molar-refractivity contribution in [1.82, 2.24) is 9.38 Å². The first-order valence-corrected chi connectivity index (χ1v) is 5.87. The van der Waals surface area contributed by atoms with Crippen molar-refractivity contribution in [2.75, 3.05) is 0 Å². The van der Waals surface area contributed by atoms with Crippen molar-refractivity contribution in [3.63, 3.8) is 0 Å². The lowest BCUT2D eigenvalue weighted by molar-refractivity contribution is 0.0684. The maximum atomic E-state index is 11.1. The number of hydrogen-bond donors (Lipinski definition) is 2. The van der Waals surface area contributed by atoms with Crippen molar-refractivity contribution in [1.29, 1.82) is 0 Å². The van der Waals surface area contributed by atoms with Crippen molar-refractivity contribution in [2.45, 2.75) is 20.3 Å². The van der Waals surface area contributed by atoms with Crippen LogP contribution in [0.3, 0.4) is 0 Å². The van der Waals surface area contributed by atoms with Gasteiger partial charge in [0.15, 0.2) is 5.69 Å². The average molecular weight is 262 g/mol. The summed E-state index contributed by atoms with van der Waals surface area (Å²) in [6, 6.07) is 2.86. The fraction of sp³-hybridized carbons (Fsp3) is 0.308. The van der Waals surface area contributed by atoms with E-state index in [1.807, 2.05) is 13.8 Å². The van der Waals surface area contributed by atoms with Crippen LogP contribution in [0, 0.1) is 5.92 Å². The van der Waals surface area contributed by atoms with Gasteiger partial charge >= 0.3 is 11.9 Å². The monoisotopic (exact) mass is 262 g/mol. The second-order valence-electron chi connectivity index (χ2n) is 4.76. The number of hydrogen-bond acceptors (Lipinski definition) is 3. The molecule has 0 unspecified atom stereocenters. The zero-order valence-electron chi connectivity index (χ0n) is 10.6. The molecule has 6 heteroatoms. The molecule has 2 rings (SSSR count). The Kier molecular flexibility index (Phi) is 3.25. The number of aromatic carboxylic acids is 2. The molecule has 0 aliphatic rings. The van der Waals surface area contributed by atoms with Crippen LogP contribution in [0.5, 0.6) is 0 Å². The van der Waals surface area contributed by atoms with Crippen LogP contribution < -0.4 is 0 Å². The normalized spacial score (nSPS) is 11.1. The minimum atomic E-state index is -1.12. The van der Waals surface area contributed by atoms with Gasteiger partial charge in [-0.1, -0.05) is 13.8 Å². The summed E-state index contributed by atoms with van der Waals surface area (Å²) in [5, 5.41) is 18.1. The van der Waals surface area contributed by atoms with Gasteiger partial charge in [0, 0.05) is 12.6 Å². The average Bonchev–Trinajstić information content (AvgIpc) is 2.67. The Labute approximate surface area is 109 Å². The molecule has 2 aromatic heterocycles. The van der Waals surface area contributed by atoms with E-state index in [2.05, 4.69) is 4.98 Å². The van der Waals surface area contributed by atoms with E-state index < -0.39 is 11.9 Å². The van der Waals surface area contributed by atoms with Crippen LogP contribution in [0.2, 0.25) is 0 Å². The van der Waals surface area contributed by atoms with E-state index in [-0.39, 0.29) is 11.3 Å². The lowest BCUT2D eigenvalue weighted by Crippen LogP contribution is -2.03. The summed E-state index contributed by atoms with van der Waals surface area (Å²) >= 11 is 0. The van der Waals surface area contributed by atoms with Gasteiger partial charge in [0.2, 0.25) is 0 Å². The van der Waals surface area contributed by atoms with E-state index >= 15 is 0 Å². The molecule has 0 bridgehead atoms. The minimum Gasteiger partial charge on any atom is -0.478 e. The third kappa shape index (κ3) is 2.42. The molecule has 19 heavy (non-hydrogen) atoms. The standard InChI is InChI=1S/C13H14N2O4/c1-7(2)5-10-14-11(13(18)19)9-4-3-8(12(16)17)6-15(9)10/h3-4,6-7H,5H2,1-2H3,(H,16,17)(H,18,19). The predicted octanol–water partition coefficient (Wildman–Crippen LogP) is 1.93. The number of aromatic nitrogens is 2. The number of carboxylic acid groups (broad SMARTS) is 2. The third-order valence-corrected chi connectivity index (χ3v) is 2.75. The van der Waals surface area contributed by atoms with Crippen LogP contribution >= 0.6 is 0 Å². The van der Waals surface area contributed by atoms with Gasteiger partial charge in [-0.05, 0) is 18.1 Å². The third-order valence-electron chi connectivity index (χ3n) is 2.75. The number of nitrogens with zero attached hydrogens (tertiary/aromatic N) is 2. The van der Waals surface area contributed by atoms with Gasteiger partial charge in [-0.25, -0.2) is 14.6 Å². The maximum Gasteiger partial charge on any atom is 0.356 e. The second kappa shape index (κ2) is 4.72. The summed E-state index contributed by atoms with van der Waals surface area (Å²) in [5.41, 5.74) is 0.465. The smallest absolute Gasteiger partial charge is 0.356 e. The maximum absolute atomic E-state index is 11.1. The van der Waals surface area contributed by atoms with E-state index in [0.717, 1.165) is 0 Å². The molecule has 2 aromatic rings. The molecular formula is C13H14N2O4.